The van der Waals surface area contributed by atoms with Crippen LogP contribution in [-0.4, -0.2) is 51.9 Å². The van der Waals surface area contributed by atoms with E-state index in [-0.39, 0.29) is 17.3 Å². The summed E-state index contributed by atoms with van der Waals surface area (Å²) in [5.74, 6) is 0.197. The van der Waals surface area contributed by atoms with Crippen LogP contribution in [-0.2, 0) is 21.4 Å². The molecule has 140 valence electrons. The predicted octanol–water partition coefficient (Wildman–Crippen LogP) is 1.10. The number of sulfonamides is 1. The molecule has 0 bridgehead atoms. The van der Waals surface area contributed by atoms with E-state index in [1.807, 2.05) is 0 Å². The third-order valence-corrected chi connectivity index (χ3v) is 6.45. The lowest BCUT2D eigenvalue weighted by Crippen LogP contribution is -2.36. The van der Waals surface area contributed by atoms with Crippen molar-refractivity contribution in [1.82, 2.24) is 24.5 Å². The van der Waals surface area contributed by atoms with E-state index in [1.54, 1.807) is 26.0 Å². The molecule has 10 heteroatoms. The Morgan fingerprint density at radius 1 is 1.19 bits per heavy atom. The van der Waals surface area contributed by atoms with E-state index >= 15 is 0 Å². The highest BCUT2D eigenvalue weighted by Crippen LogP contribution is 2.26. The molecule has 1 N–H and O–H groups in total. The van der Waals surface area contributed by atoms with Crippen molar-refractivity contribution in [3.63, 3.8) is 0 Å². The number of carbonyl (C=O) groups is 1. The molecular formula is C16H22N6O3S. The average Bonchev–Trinajstić information content (AvgIpc) is 3.02. The zero-order valence-electron chi connectivity index (χ0n) is 14.8. The SMILES string of the molecule is Cc1ccc(NC(=O)Cn2nnnc2C)cc1S(=O)(=O)N1CCCCC1. The topological polar surface area (TPSA) is 110 Å². The lowest BCUT2D eigenvalue weighted by Gasteiger charge is -2.26. The van der Waals surface area contributed by atoms with Crippen molar-refractivity contribution in [2.45, 2.75) is 44.6 Å². The van der Waals surface area contributed by atoms with Gasteiger partial charge >= 0.3 is 0 Å². The normalized spacial score (nSPS) is 15.8. The van der Waals surface area contributed by atoms with Crippen molar-refractivity contribution in [1.29, 1.82) is 0 Å². The van der Waals surface area contributed by atoms with Gasteiger partial charge in [-0.2, -0.15) is 4.31 Å². The first-order valence-electron chi connectivity index (χ1n) is 8.51. The molecule has 1 amide bonds. The Kier molecular flexibility index (Phi) is 5.33. The maximum absolute atomic E-state index is 12.9. The number of hydrogen-bond acceptors (Lipinski definition) is 6. The van der Waals surface area contributed by atoms with E-state index in [2.05, 4.69) is 20.8 Å². The molecule has 1 aromatic heterocycles. The number of anilines is 1. The minimum absolute atomic E-state index is 0.0408. The molecule has 1 saturated heterocycles. The number of nitrogens with zero attached hydrogens (tertiary/aromatic N) is 5. The first-order chi connectivity index (χ1) is 12.4. The molecule has 0 aliphatic carbocycles. The van der Waals surface area contributed by atoms with Gasteiger partial charge in [0.25, 0.3) is 0 Å². The van der Waals surface area contributed by atoms with Gasteiger partial charge in [-0.05, 0) is 54.8 Å². The second-order valence-electron chi connectivity index (χ2n) is 6.38. The first-order valence-corrected chi connectivity index (χ1v) is 9.95. The summed E-state index contributed by atoms with van der Waals surface area (Å²) < 4.78 is 28.8. The summed E-state index contributed by atoms with van der Waals surface area (Å²) in [6.45, 7) is 4.49. The molecule has 9 nitrogen and oxygen atoms in total. The molecule has 26 heavy (non-hydrogen) atoms. The summed E-state index contributed by atoms with van der Waals surface area (Å²) in [6, 6.07) is 4.91. The third kappa shape index (κ3) is 3.91. The molecule has 2 heterocycles. The van der Waals surface area contributed by atoms with Crippen LogP contribution in [0.2, 0.25) is 0 Å². The predicted molar refractivity (Wildman–Crippen MR) is 95.0 cm³/mol. The largest absolute Gasteiger partial charge is 0.324 e. The summed E-state index contributed by atoms with van der Waals surface area (Å²) in [5.41, 5.74) is 1.09. The van der Waals surface area contributed by atoms with E-state index in [4.69, 9.17) is 0 Å². The number of piperidine rings is 1. The Morgan fingerprint density at radius 2 is 1.92 bits per heavy atom. The number of nitrogens with one attached hydrogen (secondary N) is 1. The highest BCUT2D eigenvalue weighted by atomic mass is 32.2. The number of carbonyl (C=O) groups excluding carboxylic acids is 1. The Morgan fingerprint density at radius 3 is 2.58 bits per heavy atom. The van der Waals surface area contributed by atoms with Gasteiger partial charge in [0.2, 0.25) is 15.9 Å². The fraction of sp³-hybridized carbons (Fsp3) is 0.500. The zero-order valence-corrected chi connectivity index (χ0v) is 15.7. The van der Waals surface area contributed by atoms with E-state index in [1.165, 1.54) is 15.1 Å². The van der Waals surface area contributed by atoms with Crippen LogP contribution in [0, 0.1) is 13.8 Å². The van der Waals surface area contributed by atoms with Crippen molar-refractivity contribution in [3.05, 3.63) is 29.6 Å². The van der Waals surface area contributed by atoms with Crippen LogP contribution in [0.1, 0.15) is 30.7 Å². The summed E-state index contributed by atoms with van der Waals surface area (Å²) in [7, 11) is -3.56. The minimum atomic E-state index is -3.56. The van der Waals surface area contributed by atoms with Gasteiger partial charge < -0.3 is 5.32 Å². The summed E-state index contributed by atoms with van der Waals surface area (Å²) in [5, 5.41) is 13.6. The first kappa shape index (κ1) is 18.5. The Labute approximate surface area is 152 Å². The van der Waals surface area contributed by atoms with Gasteiger partial charge in [-0.1, -0.05) is 12.5 Å². The van der Waals surface area contributed by atoms with Crippen LogP contribution in [0.3, 0.4) is 0 Å². The maximum Gasteiger partial charge on any atom is 0.246 e. The van der Waals surface area contributed by atoms with Gasteiger partial charge in [0, 0.05) is 18.8 Å². The van der Waals surface area contributed by atoms with Gasteiger partial charge in [0.1, 0.15) is 12.4 Å². The second kappa shape index (κ2) is 7.50. The number of benzene rings is 1. The molecule has 1 fully saturated rings. The highest BCUT2D eigenvalue weighted by Gasteiger charge is 2.27. The van der Waals surface area contributed by atoms with Gasteiger partial charge in [-0.25, -0.2) is 13.1 Å². The number of rotatable bonds is 5. The molecule has 0 unspecified atom stereocenters. The van der Waals surface area contributed by atoms with Crippen LogP contribution < -0.4 is 5.32 Å². The van der Waals surface area contributed by atoms with Crippen LogP contribution in [0.15, 0.2) is 23.1 Å². The fourth-order valence-electron chi connectivity index (χ4n) is 2.93. The molecule has 2 aromatic rings. The van der Waals surface area contributed by atoms with E-state index in [9.17, 15) is 13.2 Å². The zero-order chi connectivity index (χ0) is 18.7. The Hall–Kier alpha value is -2.33. The van der Waals surface area contributed by atoms with Gasteiger partial charge in [-0.15, -0.1) is 5.10 Å². The molecule has 0 saturated carbocycles. The third-order valence-electron chi connectivity index (χ3n) is 4.41. The molecule has 1 aliphatic heterocycles. The summed E-state index contributed by atoms with van der Waals surface area (Å²) in [4.78, 5) is 12.4. The lowest BCUT2D eigenvalue weighted by atomic mass is 10.2. The molecule has 1 aliphatic rings. The minimum Gasteiger partial charge on any atom is -0.324 e. The van der Waals surface area contributed by atoms with Crippen molar-refractivity contribution in [3.8, 4) is 0 Å². The second-order valence-corrected chi connectivity index (χ2v) is 8.28. The molecule has 0 radical (unpaired) electrons. The molecule has 0 atom stereocenters. The monoisotopic (exact) mass is 378 g/mol. The number of tetrazole rings is 1. The Balaban J connectivity index is 1.79. The Bertz CT molecular complexity index is 902. The number of aromatic nitrogens is 4. The van der Waals surface area contributed by atoms with E-state index < -0.39 is 10.0 Å². The molecular weight excluding hydrogens is 356 g/mol. The van der Waals surface area contributed by atoms with Crippen molar-refractivity contribution >= 4 is 21.6 Å². The van der Waals surface area contributed by atoms with Crippen molar-refractivity contribution in [2.75, 3.05) is 18.4 Å². The molecule has 1 aromatic carbocycles. The molecule has 0 spiro atoms. The van der Waals surface area contributed by atoms with Gasteiger partial charge in [-0.3, -0.25) is 4.79 Å². The van der Waals surface area contributed by atoms with Crippen LogP contribution in [0.4, 0.5) is 5.69 Å². The van der Waals surface area contributed by atoms with Crippen LogP contribution >= 0.6 is 0 Å². The van der Waals surface area contributed by atoms with Gasteiger partial charge in [0.15, 0.2) is 0 Å². The standard InChI is InChI=1S/C16H22N6O3S/c1-12-6-7-14(17-16(23)11-22-13(2)18-19-20-22)10-15(12)26(24,25)21-8-4-3-5-9-21/h6-7,10H,3-5,8-9,11H2,1-2H3,(H,17,23). The number of hydrogen-bond donors (Lipinski definition) is 1. The van der Waals surface area contributed by atoms with Crippen molar-refractivity contribution < 1.29 is 13.2 Å². The average molecular weight is 378 g/mol. The quantitative estimate of drug-likeness (QED) is 0.834. The highest BCUT2D eigenvalue weighted by molar-refractivity contribution is 7.89. The lowest BCUT2D eigenvalue weighted by molar-refractivity contribution is -0.117. The van der Waals surface area contributed by atoms with Gasteiger partial charge in [0.05, 0.1) is 4.90 Å². The fourth-order valence-corrected chi connectivity index (χ4v) is 4.70. The maximum atomic E-state index is 12.9. The summed E-state index contributed by atoms with van der Waals surface area (Å²) in [6.07, 6.45) is 2.80. The number of amides is 1. The van der Waals surface area contributed by atoms with Crippen LogP contribution in [0.5, 0.6) is 0 Å². The molecule has 3 rings (SSSR count). The van der Waals surface area contributed by atoms with Crippen molar-refractivity contribution in [2.24, 2.45) is 0 Å². The van der Waals surface area contributed by atoms with E-state index in [0.717, 1.165) is 19.3 Å². The van der Waals surface area contributed by atoms with E-state index in [0.29, 0.717) is 30.2 Å². The summed E-state index contributed by atoms with van der Waals surface area (Å²) >= 11 is 0. The smallest absolute Gasteiger partial charge is 0.246 e. The van der Waals surface area contributed by atoms with Crippen LogP contribution in [0.25, 0.3) is 0 Å². The number of aryl methyl sites for hydroxylation is 2.